The number of amides is 2. The van der Waals surface area contributed by atoms with E-state index in [1.807, 2.05) is 19.1 Å². The lowest BCUT2D eigenvalue weighted by Gasteiger charge is -2.17. The number of likely N-dealkylation sites (N-methyl/N-ethyl adjacent to an activating group) is 1. The number of hydrogen-bond donors (Lipinski definition) is 1. The third kappa shape index (κ3) is 6.23. The van der Waals surface area contributed by atoms with Crippen molar-refractivity contribution in [3.8, 4) is 0 Å². The summed E-state index contributed by atoms with van der Waals surface area (Å²) in [5, 5.41) is 2.81. The van der Waals surface area contributed by atoms with E-state index in [-0.39, 0.29) is 28.3 Å². The minimum atomic E-state index is -0.881. The number of nitrogens with one attached hydrogen (secondary N) is 1. The summed E-state index contributed by atoms with van der Waals surface area (Å²) < 4.78 is 4.89. The molecule has 142 valence electrons. The van der Waals surface area contributed by atoms with Gasteiger partial charge in [0.05, 0.1) is 11.6 Å². The molecule has 0 aliphatic heterocycles. The van der Waals surface area contributed by atoms with Crippen LogP contribution in [0.15, 0.2) is 36.4 Å². The molecule has 0 saturated heterocycles. The molecule has 1 aromatic carbocycles. The van der Waals surface area contributed by atoms with E-state index >= 15 is 0 Å². The molecule has 0 atom stereocenters. The van der Waals surface area contributed by atoms with Crippen molar-refractivity contribution in [3.63, 3.8) is 0 Å². The summed E-state index contributed by atoms with van der Waals surface area (Å²) in [7, 11) is 1.43. The standard InChI is InChI=1S/C18H17Cl2N3O4/c1-11-3-5-12(6-4-11)21-15(24)9-23(2)16(25)10-27-18(26)17-13(19)7-8-14(20)22-17/h3-8H,9-10H2,1-2H3,(H,21,24). The van der Waals surface area contributed by atoms with E-state index in [0.29, 0.717) is 5.69 Å². The Labute approximate surface area is 166 Å². The van der Waals surface area contributed by atoms with Gasteiger partial charge in [-0.25, -0.2) is 9.78 Å². The molecular weight excluding hydrogens is 393 g/mol. The topological polar surface area (TPSA) is 88.6 Å². The molecule has 0 unspecified atom stereocenters. The van der Waals surface area contributed by atoms with Crippen molar-refractivity contribution in [2.45, 2.75) is 6.92 Å². The molecule has 1 heterocycles. The van der Waals surface area contributed by atoms with Crippen LogP contribution in [0.4, 0.5) is 5.69 Å². The Bertz CT molecular complexity index is 856. The zero-order chi connectivity index (χ0) is 20.0. The average Bonchev–Trinajstić information content (AvgIpc) is 2.63. The molecule has 2 aromatic rings. The van der Waals surface area contributed by atoms with Gasteiger partial charge in [-0.1, -0.05) is 40.9 Å². The molecule has 0 fully saturated rings. The van der Waals surface area contributed by atoms with Gasteiger partial charge in [-0.2, -0.15) is 0 Å². The van der Waals surface area contributed by atoms with Gasteiger partial charge in [0, 0.05) is 12.7 Å². The fourth-order valence-corrected chi connectivity index (χ4v) is 2.34. The molecule has 9 heteroatoms. The van der Waals surface area contributed by atoms with E-state index in [0.717, 1.165) is 10.5 Å². The number of carbonyl (C=O) groups excluding carboxylic acids is 3. The third-order valence-electron chi connectivity index (χ3n) is 3.47. The Kier molecular flexibility index (Phi) is 7.15. The summed E-state index contributed by atoms with van der Waals surface area (Å²) in [5.74, 6) is -1.81. The van der Waals surface area contributed by atoms with E-state index in [4.69, 9.17) is 27.9 Å². The quantitative estimate of drug-likeness (QED) is 0.585. The smallest absolute Gasteiger partial charge is 0.359 e. The molecule has 0 saturated carbocycles. The first-order chi connectivity index (χ1) is 12.8. The number of halogens is 2. The number of aromatic nitrogens is 1. The lowest BCUT2D eigenvalue weighted by Crippen LogP contribution is -2.37. The van der Waals surface area contributed by atoms with Crippen molar-refractivity contribution >= 4 is 46.7 Å². The molecule has 1 aromatic heterocycles. The highest BCUT2D eigenvalue weighted by atomic mass is 35.5. The molecule has 7 nitrogen and oxygen atoms in total. The van der Waals surface area contributed by atoms with Crippen LogP contribution in [-0.4, -0.2) is 47.9 Å². The SMILES string of the molecule is Cc1ccc(NC(=O)CN(C)C(=O)COC(=O)c2nc(Cl)ccc2Cl)cc1. The Balaban J connectivity index is 1.84. The first-order valence-corrected chi connectivity index (χ1v) is 8.61. The molecule has 2 rings (SSSR count). The Morgan fingerprint density at radius 3 is 2.44 bits per heavy atom. The Hall–Kier alpha value is -2.64. The fraction of sp³-hybridized carbons (Fsp3) is 0.222. The van der Waals surface area contributed by atoms with Crippen LogP contribution in [-0.2, 0) is 14.3 Å². The first-order valence-electron chi connectivity index (χ1n) is 7.86. The van der Waals surface area contributed by atoms with Crippen molar-refractivity contribution in [1.82, 2.24) is 9.88 Å². The largest absolute Gasteiger partial charge is 0.451 e. The van der Waals surface area contributed by atoms with Gasteiger partial charge >= 0.3 is 5.97 Å². The highest BCUT2D eigenvalue weighted by Crippen LogP contribution is 2.17. The minimum Gasteiger partial charge on any atom is -0.451 e. The number of hydrogen-bond acceptors (Lipinski definition) is 5. The number of pyridine rings is 1. The molecule has 0 radical (unpaired) electrons. The highest BCUT2D eigenvalue weighted by Gasteiger charge is 2.19. The Morgan fingerprint density at radius 1 is 1.11 bits per heavy atom. The predicted molar refractivity (Wildman–Crippen MR) is 102 cm³/mol. The van der Waals surface area contributed by atoms with E-state index < -0.39 is 18.5 Å². The number of esters is 1. The average molecular weight is 410 g/mol. The number of carbonyl (C=O) groups is 3. The van der Waals surface area contributed by atoms with Gasteiger partial charge in [0.15, 0.2) is 12.3 Å². The summed E-state index contributed by atoms with van der Waals surface area (Å²) >= 11 is 11.6. The van der Waals surface area contributed by atoms with Gasteiger partial charge in [0.25, 0.3) is 5.91 Å². The summed E-state index contributed by atoms with van der Waals surface area (Å²) in [4.78, 5) is 40.9. The fourth-order valence-electron chi connectivity index (χ4n) is 2.01. The van der Waals surface area contributed by atoms with Crippen molar-refractivity contribution in [2.75, 3.05) is 25.5 Å². The van der Waals surface area contributed by atoms with Gasteiger partial charge < -0.3 is 15.0 Å². The number of anilines is 1. The van der Waals surface area contributed by atoms with Gasteiger partial charge in [-0.15, -0.1) is 0 Å². The van der Waals surface area contributed by atoms with Gasteiger partial charge in [0.1, 0.15) is 5.15 Å². The molecule has 0 spiro atoms. The molecule has 0 aliphatic rings. The summed E-state index contributed by atoms with van der Waals surface area (Å²) in [5.41, 5.74) is 1.51. The zero-order valence-corrected chi connectivity index (χ0v) is 16.2. The van der Waals surface area contributed by atoms with Crippen LogP contribution in [0.25, 0.3) is 0 Å². The van der Waals surface area contributed by atoms with E-state index in [1.54, 1.807) is 12.1 Å². The van der Waals surface area contributed by atoms with Crippen LogP contribution < -0.4 is 5.32 Å². The van der Waals surface area contributed by atoms with Crippen LogP contribution in [0.2, 0.25) is 10.2 Å². The van der Waals surface area contributed by atoms with E-state index in [2.05, 4.69) is 10.3 Å². The second kappa shape index (κ2) is 9.34. The summed E-state index contributed by atoms with van der Waals surface area (Å²) in [6.07, 6.45) is 0. The number of aryl methyl sites for hydroxylation is 1. The van der Waals surface area contributed by atoms with Crippen LogP contribution in [0.5, 0.6) is 0 Å². The maximum atomic E-state index is 12.1. The maximum absolute atomic E-state index is 12.1. The monoisotopic (exact) mass is 409 g/mol. The van der Waals surface area contributed by atoms with Crippen molar-refractivity contribution in [3.05, 3.63) is 57.8 Å². The molecular formula is C18H17Cl2N3O4. The molecule has 0 bridgehead atoms. The number of nitrogens with zero attached hydrogens (tertiary/aromatic N) is 2. The summed E-state index contributed by atoms with van der Waals surface area (Å²) in [6, 6.07) is 10.1. The zero-order valence-electron chi connectivity index (χ0n) is 14.7. The van der Waals surface area contributed by atoms with Gasteiger partial charge in [-0.3, -0.25) is 9.59 Å². The number of ether oxygens (including phenoxy) is 1. The van der Waals surface area contributed by atoms with Crippen LogP contribution in [0, 0.1) is 6.92 Å². The van der Waals surface area contributed by atoms with Gasteiger partial charge in [0.2, 0.25) is 5.91 Å². The maximum Gasteiger partial charge on any atom is 0.359 e. The molecule has 0 aliphatic carbocycles. The lowest BCUT2D eigenvalue weighted by atomic mass is 10.2. The molecule has 1 N–H and O–H groups in total. The van der Waals surface area contributed by atoms with E-state index in [9.17, 15) is 14.4 Å². The summed E-state index contributed by atoms with van der Waals surface area (Å²) in [6.45, 7) is 1.18. The van der Waals surface area contributed by atoms with Gasteiger partial charge in [-0.05, 0) is 31.2 Å². The highest BCUT2D eigenvalue weighted by molar-refractivity contribution is 6.34. The molecule has 27 heavy (non-hydrogen) atoms. The van der Waals surface area contributed by atoms with Crippen molar-refractivity contribution < 1.29 is 19.1 Å². The molecule has 2 amide bonds. The third-order valence-corrected chi connectivity index (χ3v) is 3.99. The number of rotatable bonds is 6. The van der Waals surface area contributed by atoms with Crippen LogP contribution in [0.3, 0.4) is 0 Å². The second-order valence-corrected chi connectivity index (χ2v) is 6.50. The normalized spacial score (nSPS) is 10.2. The number of benzene rings is 1. The van der Waals surface area contributed by atoms with Crippen LogP contribution >= 0.6 is 23.2 Å². The minimum absolute atomic E-state index is 0.0580. The lowest BCUT2D eigenvalue weighted by molar-refractivity contribution is -0.136. The predicted octanol–water partition coefficient (Wildman–Crippen LogP) is 2.95. The second-order valence-electron chi connectivity index (χ2n) is 5.70. The Morgan fingerprint density at radius 2 is 1.78 bits per heavy atom. The van der Waals surface area contributed by atoms with Crippen LogP contribution in [0.1, 0.15) is 16.1 Å². The first kappa shape index (κ1) is 20.7. The van der Waals surface area contributed by atoms with E-state index in [1.165, 1.54) is 19.2 Å². The van der Waals surface area contributed by atoms with Crippen molar-refractivity contribution in [1.29, 1.82) is 0 Å². The van der Waals surface area contributed by atoms with Crippen molar-refractivity contribution in [2.24, 2.45) is 0 Å².